The molecule has 0 spiro atoms. The number of hydrogen-bond acceptors (Lipinski definition) is 5. The lowest BCUT2D eigenvalue weighted by Crippen LogP contribution is -2.42. The molecule has 1 aromatic rings. The molecule has 1 aromatic carbocycles. The number of likely N-dealkylation sites (N-methyl/N-ethyl adjacent to an activating group) is 2. The topological polar surface area (TPSA) is 105 Å². The number of ether oxygens (including phenoxy) is 1. The molecule has 3 amide bonds. The number of amides is 3. The number of nitrogens with zero attached hydrogens (tertiary/aromatic N) is 1. The SMILES string of the molecule is CCNC(=O)CN(CC)C(=O)COC(=O)Cc1ccc(NC(C)=O)cc1. The van der Waals surface area contributed by atoms with Crippen LogP contribution in [0.3, 0.4) is 0 Å². The molecule has 8 heteroatoms. The summed E-state index contributed by atoms with van der Waals surface area (Å²) >= 11 is 0. The molecule has 0 saturated heterocycles. The number of rotatable bonds is 9. The van der Waals surface area contributed by atoms with Crippen molar-refractivity contribution in [3.8, 4) is 0 Å². The fourth-order valence-corrected chi connectivity index (χ4v) is 2.16. The Morgan fingerprint density at radius 3 is 2.27 bits per heavy atom. The first-order valence-corrected chi connectivity index (χ1v) is 8.42. The van der Waals surface area contributed by atoms with Crippen LogP contribution < -0.4 is 10.6 Å². The van der Waals surface area contributed by atoms with Crippen molar-refractivity contribution in [3.63, 3.8) is 0 Å². The van der Waals surface area contributed by atoms with Gasteiger partial charge in [0, 0.05) is 25.7 Å². The molecular formula is C18H25N3O5. The van der Waals surface area contributed by atoms with Gasteiger partial charge in [0.2, 0.25) is 11.8 Å². The van der Waals surface area contributed by atoms with Crippen LogP contribution in [0.15, 0.2) is 24.3 Å². The Balaban J connectivity index is 2.46. The summed E-state index contributed by atoms with van der Waals surface area (Å²) in [6, 6.07) is 6.75. The Bertz CT molecular complexity index is 643. The first-order chi connectivity index (χ1) is 12.3. The predicted octanol–water partition coefficient (Wildman–Crippen LogP) is 0.715. The maximum Gasteiger partial charge on any atom is 0.310 e. The van der Waals surface area contributed by atoms with Gasteiger partial charge in [-0.15, -0.1) is 0 Å². The Kier molecular flexibility index (Phi) is 8.83. The van der Waals surface area contributed by atoms with Gasteiger partial charge in [0.25, 0.3) is 5.91 Å². The number of benzene rings is 1. The quantitative estimate of drug-likeness (QED) is 0.629. The number of nitrogens with one attached hydrogen (secondary N) is 2. The molecule has 0 radical (unpaired) electrons. The highest BCUT2D eigenvalue weighted by Gasteiger charge is 2.17. The lowest BCUT2D eigenvalue weighted by molar-refractivity contribution is -0.152. The second-order valence-electron chi connectivity index (χ2n) is 5.58. The van der Waals surface area contributed by atoms with Crippen molar-refractivity contribution in [1.82, 2.24) is 10.2 Å². The van der Waals surface area contributed by atoms with Gasteiger partial charge in [0.15, 0.2) is 6.61 Å². The van der Waals surface area contributed by atoms with E-state index in [1.807, 2.05) is 0 Å². The summed E-state index contributed by atoms with van der Waals surface area (Å²) in [5, 5.41) is 5.24. The zero-order chi connectivity index (χ0) is 19.5. The van der Waals surface area contributed by atoms with E-state index in [0.717, 1.165) is 0 Å². The molecule has 0 aliphatic rings. The minimum atomic E-state index is -0.542. The Morgan fingerprint density at radius 2 is 1.73 bits per heavy atom. The maximum atomic E-state index is 12.0. The lowest BCUT2D eigenvalue weighted by atomic mass is 10.1. The molecule has 26 heavy (non-hydrogen) atoms. The van der Waals surface area contributed by atoms with Crippen LogP contribution in [0.25, 0.3) is 0 Å². The molecule has 8 nitrogen and oxygen atoms in total. The minimum absolute atomic E-state index is 0.01000. The van der Waals surface area contributed by atoms with Crippen LogP contribution in [0, 0.1) is 0 Å². The van der Waals surface area contributed by atoms with Gasteiger partial charge in [-0.3, -0.25) is 19.2 Å². The van der Waals surface area contributed by atoms with Crippen molar-refractivity contribution in [2.45, 2.75) is 27.2 Å². The van der Waals surface area contributed by atoms with Gasteiger partial charge in [-0.25, -0.2) is 0 Å². The van der Waals surface area contributed by atoms with Crippen LogP contribution in [-0.2, 0) is 30.3 Å². The molecule has 0 unspecified atom stereocenters. The summed E-state index contributed by atoms with van der Waals surface area (Å²) < 4.78 is 5.00. The summed E-state index contributed by atoms with van der Waals surface area (Å²) in [6.07, 6.45) is 0.01000. The van der Waals surface area contributed by atoms with Crippen molar-refractivity contribution < 1.29 is 23.9 Å². The maximum absolute atomic E-state index is 12.0. The molecule has 0 heterocycles. The minimum Gasteiger partial charge on any atom is -0.455 e. The number of esters is 1. The number of hydrogen-bond donors (Lipinski definition) is 2. The summed E-state index contributed by atoms with van der Waals surface area (Å²) in [5.41, 5.74) is 1.33. The molecule has 0 bridgehead atoms. The number of anilines is 1. The number of carbonyl (C=O) groups excluding carboxylic acids is 4. The molecule has 142 valence electrons. The van der Waals surface area contributed by atoms with Gasteiger partial charge in [0.05, 0.1) is 13.0 Å². The summed E-state index contributed by atoms with van der Waals surface area (Å²) in [4.78, 5) is 47.8. The zero-order valence-electron chi connectivity index (χ0n) is 15.3. The summed E-state index contributed by atoms with van der Waals surface area (Å²) in [7, 11) is 0. The van der Waals surface area contributed by atoms with Crippen LogP contribution in [0.1, 0.15) is 26.3 Å². The molecular weight excluding hydrogens is 338 g/mol. The smallest absolute Gasteiger partial charge is 0.310 e. The van der Waals surface area contributed by atoms with E-state index in [1.54, 1.807) is 38.1 Å². The molecule has 0 aromatic heterocycles. The standard InChI is InChI=1S/C18H25N3O5/c1-4-19-16(23)11-21(5-2)17(24)12-26-18(25)10-14-6-8-15(9-7-14)20-13(3)22/h6-9H,4-5,10-12H2,1-3H3,(H,19,23)(H,20,22). The van der Waals surface area contributed by atoms with Gasteiger partial charge in [-0.1, -0.05) is 12.1 Å². The fraction of sp³-hybridized carbons (Fsp3) is 0.444. The van der Waals surface area contributed by atoms with E-state index < -0.39 is 18.5 Å². The Labute approximate surface area is 152 Å². The predicted molar refractivity (Wildman–Crippen MR) is 96.3 cm³/mol. The Hall–Kier alpha value is -2.90. The van der Waals surface area contributed by atoms with Crippen LogP contribution >= 0.6 is 0 Å². The van der Waals surface area contributed by atoms with Gasteiger partial charge in [-0.05, 0) is 31.5 Å². The van der Waals surface area contributed by atoms with Crippen LogP contribution in [-0.4, -0.2) is 54.8 Å². The monoisotopic (exact) mass is 363 g/mol. The van der Waals surface area contributed by atoms with E-state index in [0.29, 0.717) is 24.3 Å². The molecule has 0 aliphatic heterocycles. The highest BCUT2D eigenvalue weighted by Crippen LogP contribution is 2.10. The van der Waals surface area contributed by atoms with E-state index in [-0.39, 0.29) is 24.8 Å². The Morgan fingerprint density at radius 1 is 1.08 bits per heavy atom. The van der Waals surface area contributed by atoms with Crippen LogP contribution in [0.2, 0.25) is 0 Å². The van der Waals surface area contributed by atoms with Crippen LogP contribution in [0.4, 0.5) is 5.69 Å². The van der Waals surface area contributed by atoms with E-state index >= 15 is 0 Å². The second-order valence-corrected chi connectivity index (χ2v) is 5.58. The average Bonchev–Trinajstić information content (AvgIpc) is 2.59. The summed E-state index contributed by atoms with van der Waals surface area (Å²) in [6.45, 7) is 5.31. The van der Waals surface area contributed by atoms with Crippen molar-refractivity contribution in [2.75, 3.05) is 31.6 Å². The first-order valence-electron chi connectivity index (χ1n) is 8.42. The lowest BCUT2D eigenvalue weighted by Gasteiger charge is -2.20. The highest BCUT2D eigenvalue weighted by atomic mass is 16.5. The molecule has 0 fully saturated rings. The third-order valence-corrected chi connectivity index (χ3v) is 3.42. The summed E-state index contributed by atoms with van der Waals surface area (Å²) in [5.74, 6) is -1.40. The zero-order valence-corrected chi connectivity index (χ0v) is 15.3. The molecule has 0 saturated carbocycles. The van der Waals surface area contributed by atoms with Crippen molar-refractivity contribution in [2.24, 2.45) is 0 Å². The van der Waals surface area contributed by atoms with E-state index in [4.69, 9.17) is 4.74 Å². The van der Waals surface area contributed by atoms with Gasteiger partial charge in [0.1, 0.15) is 0 Å². The molecule has 2 N–H and O–H groups in total. The third kappa shape index (κ3) is 7.78. The fourth-order valence-electron chi connectivity index (χ4n) is 2.16. The van der Waals surface area contributed by atoms with Crippen molar-refractivity contribution in [1.29, 1.82) is 0 Å². The first kappa shape index (κ1) is 21.1. The largest absolute Gasteiger partial charge is 0.455 e. The van der Waals surface area contributed by atoms with Crippen LogP contribution in [0.5, 0.6) is 0 Å². The van der Waals surface area contributed by atoms with Gasteiger partial charge < -0.3 is 20.3 Å². The third-order valence-electron chi connectivity index (χ3n) is 3.42. The van der Waals surface area contributed by atoms with E-state index in [1.165, 1.54) is 11.8 Å². The molecule has 0 atom stereocenters. The molecule has 0 aliphatic carbocycles. The van der Waals surface area contributed by atoms with E-state index in [9.17, 15) is 19.2 Å². The van der Waals surface area contributed by atoms with Crippen molar-refractivity contribution in [3.05, 3.63) is 29.8 Å². The number of carbonyl (C=O) groups is 4. The molecule has 1 rings (SSSR count). The van der Waals surface area contributed by atoms with Gasteiger partial charge in [-0.2, -0.15) is 0 Å². The van der Waals surface area contributed by atoms with Crippen molar-refractivity contribution >= 4 is 29.4 Å². The second kappa shape index (κ2) is 10.9. The highest BCUT2D eigenvalue weighted by molar-refractivity contribution is 5.89. The normalized spacial score (nSPS) is 9.96. The average molecular weight is 363 g/mol. The van der Waals surface area contributed by atoms with E-state index in [2.05, 4.69) is 10.6 Å². The van der Waals surface area contributed by atoms with Gasteiger partial charge >= 0.3 is 5.97 Å².